The SMILES string of the molecule is CC(=O)[C@H]1CC[C@H]2[C@@H]3CCC4=CC(=O)CC[C@]4(C)[C@H]3CC(=O)[C@]12C. The van der Waals surface area contributed by atoms with E-state index >= 15 is 0 Å². The summed E-state index contributed by atoms with van der Waals surface area (Å²) >= 11 is 0. The van der Waals surface area contributed by atoms with Gasteiger partial charge in [-0.05, 0) is 68.3 Å². The number of hydrogen-bond acceptors (Lipinski definition) is 3. The van der Waals surface area contributed by atoms with E-state index in [-0.39, 0.29) is 22.9 Å². The Morgan fingerprint density at radius 1 is 1.08 bits per heavy atom. The van der Waals surface area contributed by atoms with E-state index in [0.717, 1.165) is 32.1 Å². The Morgan fingerprint density at radius 3 is 2.54 bits per heavy atom. The van der Waals surface area contributed by atoms with Crippen LogP contribution in [-0.4, -0.2) is 17.3 Å². The van der Waals surface area contributed by atoms with Gasteiger partial charge in [-0.15, -0.1) is 0 Å². The third kappa shape index (κ3) is 1.93. The molecule has 6 atom stereocenters. The molecule has 0 spiro atoms. The number of Topliss-reactive ketones (excluding diaryl/α,β-unsaturated/α-hetero) is 2. The van der Waals surface area contributed by atoms with E-state index < -0.39 is 5.41 Å². The van der Waals surface area contributed by atoms with Crippen LogP contribution in [0.2, 0.25) is 0 Å². The Bertz CT molecular complexity index is 660. The largest absolute Gasteiger partial charge is 0.300 e. The molecule has 130 valence electrons. The highest BCUT2D eigenvalue weighted by atomic mass is 16.1. The highest BCUT2D eigenvalue weighted by Crippen LogP contribution is 2.65. The Morgan fingerprint density at radius 2 is 1.83 bits per heavy atom. The first-order chi connectivity index (χ1) is 11.3. The molecule has 3 fully saturated rings. The van der Waals surface area contributed by atoms with Gasteiger partial charge in [-0.25, -0.2) is 0 Å². The average Bonchev–Trinajstić information content (AvgIpc) is 2.88. The van der Waals surface area contributed by atoms with E-state index in [1.165, 1.54) is 5.57 Å². The van der Waals surface area contributed by atoms with Gasteiger partial charge in [0.25, 0.3) is 0 Å². The van der Waals surface area contributed by atoms with Crippen molar-refractivity contribution in [3.63, 3.8) is 0 Å². The summed E-state index contributed by atoms with van der Waals surface area (Å²) in [5, 5.41) is 0. The smallest absolute Gasteiger partial charge is 0.155 e. The third-order valence-corrected chi connectivity index (χ3v) is 8.32. The van der Waals surface area contributed by atoms with Crippen molar-refractivity contribution < 1.29 is 14.4 Å². The number of rotatable bonds is 1. The number of carbonyl (C=O) groups is 3. The quantitative estimate of drug-likeness (QED) is 0.733. The molecule has 4 rings (SSSR count). The topological polar surface area (TPSA) is 51.2 Å². The lowest BCUT2D eigenvalue weighted by atomic mass is 9.46. The molecule has 0 saturated heterocycles. The van der Waals surface area contributed by atoms with Gasteiger partial charge in [0.2, 0.25) is 0 Å². The first-order valence-electron chi connectivity index (χ1n) is 9.56. The fourth-order valence-corrected chi connectivity index (χ4v) is 6.92. The van der Waals surface area contributed by atoms with Crippen LogP contribution in [0.3, 0.4) is 0 Å². The van der Waals surface area contributed by atoms with Crippen molar-refractivity contribution in [3.8, 4) is 0 Å². The molecule has 0 N–H and O–H groups in total. The van der Waals surface area contributed by atoms with Crippen LogP contribution in [0.15, 0.2) is 11.6 Å². The minimum atomic E-state index is -0.435. The number of fused-ring (bicyclic) bond motifs is 5. The number of ketones is 3. The molecule has 24 heavy (non-hydrogen) atoms. The van der Waals surface area contributed by atoms with Crippen molar-refractivity contribution in [1.82, 2.24) is 0 Å². The molecular formula is C21H28O3. The number of hydrogen-bond donors (Lipinski definition) is 0. The predicted molar refractivity (Wildman–Crippen MR) is 91.3 cm³/mol. The van der Waals surface area contributed by atoms with Crippen LogP contribution in [-0.2, 0) is 14.4 Å². The van der Waals surface area contributed by atoms with Gasteiger partial charge in [0.05, 0.1) is 0 Å². The average molecular weight is 328 g/mol. The van der Waals surface area contributed by atoms with Crippen LogP contribution in [0.1, 0.15) is 65.7 Å². The van der Waals surface area contributed by atoms with Crippen LogP contribution in [0.4, 0.5) is 0 Å². The Hall–Kier alpha value is -1.25. The van der Waals surface area contributed by atoms with E-state index in [4.69, 9.17) is 0 Å². The summed E-state index contributed by atoms with van der Waals surface area (Å²) in [4.78, 5) is 37.2. The van der Waals surface area contributed by atoms with Crippen LogP contribution in [0.5, 0.6) is 0 Å². The lowest BCUT2D eigenvalue weighted by molar-refractivity contribution is -0.151. The summed E-state index contributed by atoms with van der Waals surface area (Å²) in [6.45, 7) is 6.02. The molecule has 3 heteroatoms. The molecule has 0 bridgehead atoms. The number of carbonyl (C=O) groups excluding carboxylic acids is 3. The summed E-state index contributed by atoms with van der Waals surface area (Å²) in [5.41, 5.74) is 0.870. The molecule has 0 amide bonds. The van der Waals surface area contributed by atoms with Crippen LogP contribution in [0, 0.1) is 34.5 Å². The van der Waals surface area contributed by atoms with E-state index in [1.54, 1.807) is 6.92 Å². The van der Waals surface area contributed by atoms with Crippen molar-refractivity contribution in [1.29, 1.82) is 0 Å². The van der Waals surface area contributed by atoms with Crippen molar-refractivity contribution >= 4 is 17.3 Å². The fourth-order valence-electron chi connectivity index (χ4n) is 6.92. The van der Waals surface area contributed by atoms with E-state index in [0.29, 0.717) is 36.4 Å². The Kier molecular flexibility index (Phi) is 3.47. The molecule has 0 radical (unpaired) electrons. The van der Waals surface area contributed by atoms with Gasteiger partial charge in [-0.1, -0.05) is 19.4 Å². The maximum absolute atomic E-state index is 13.2. The molecule has 4 aliphatic carbocycles. The van der Waals surface area contributed by atoms with Crippen LogP contribution < -0.4 is 0 Å². The van der Waals surface area contributed by atoms with Crippen molar-refractivity contribution in [2.24, 2.45) is 34.5 Å². The monoisotopic (exact) mass is 328 g/mol. The van der Waals surface area contributed by atoms with Crippen molar-refractivity contribution in [3.05, 3.63) is 11.6 Å². The maximum Gasteiger partial charge on any atom is 0.155 e. The summed E-state index contributed by atoms with van der Waals surface area (Å²) in [6.07, 6.45) is 7.97. The Balaban J connectivity index is 1.73. The molecule has 3 nitrogen and oxygen atoms in total. The van der Waals surface area contributed by atoms with Crippen molar-refractivity contribution in [2.45, 2.75) is 65.7 Å². The molecule has 0 aromatic heterocycles. The zero-order valence-electron chi connectivity index (χ0n) is 15.1. The van der Waals surface area contributed by atoms with Gasteiger partial charge >= 0.3 is 0 Å². The summed E-state index contributed by atoms with van der Waals surface area (Å²) in [6, 6.07) is 0. The summed E-state index contributed by atoms with van der Waals surface area (Å²) in [7, 11) is 0. The molecule has 0 unspecified atom stereocenters. The molecular weight excluding hydrogens is 300 g/mol. The van der Waals surface area contributed by atoms with Crippen LogP contribution in [0.25, 0.3) is 0 Å². The zero-order valence-corrected chi connectivity index (χ0v) is 15.1. The van der Waals surface area contributed by atoms with Crippen molar-refractivity contribution in [2.75, 3.05) is 0 Å². The molecule has 0 aromatic carbocycles. The van der Waals surface area contributed by atoms with Gasteiger partial charge in [-0.2, -0.15) is 0 Å². The molecule has 0 aromatic rings. The van der Waals surface area contributed by atoms with Gasteiger partial charge in [0, 0.05) is 24.2 Å². The second kappa shape index (κ2) is 5.12. The van der Waals surface area contributed by atoms with Gasteiger partial charge in [-0.3, -0.25) is 14.4 Å². The standard InChI is InChI=1S/C21H28O3/c1-12(22)16-6-7-17-15-5-4-13-10-14(23)8-9-20(13,2)18(15)11-19(24)21(16,17)3/h10,15-18H,4-9,11H2,1-3H3/t15-,16+,17-,18-,20-,21+/m0/s1. The summed E-state index contributed by atoms with van der Waals surface area (Å²) in [5.74, 6) is 1.94. The molecule has 0 heterocycles. The first-order valence-corrected chi connectivity index (χ1v) is 9.56. The van der Waals surface area contributed by atoms with Gasteiger partial charge < -0.3 is 0 Å². The van der Waals surface area contributed by atoms with E-state index in [1.807, 2.05) is 6.08 Å². The predicted octanol–water partition coefficient (Wildman–Crippen LogP) is 3.90. The second-order valence-corrected chi connectivity index (χ2v) is 9.12. The highest BCUT2D eigenvalue weighted by Gasteiger charge is 2.63. The van der Waals surface area contributed by atoms with E-state index in [9.17, 15) is 14.4 Å². The fraction of sp³-hybridized carbons (Fsp3) is 0.762. The van der Waals surface area contributed by atoms with Gasteiger partial charge in [0.15, 0.2) is 5.78 Å². The van der Waals surface area contributed by atoms with Gasteiger partial charge in [0.1, 0.15) is 11.6 Å². The van der Waals surface area contributed by atoms with E-state index in [2.05, 4.69) is 13.8 Å². The lowest BCUT2D eigenvalue weighted by Gasteiger charge is -2.57. The maximum atomic E-state index is 13.2. The lowest BCUT2D eigenvalue weighted by Crippen LogP contribution is -2.55. The minimum Gasteiger partial charge on any atom is -0.300 e. The molecule has 0 aliphatic heterocycles. The summed E-state index contributed by atoms with van der Waals surface area (Å²) < 4.78 is 0. The van der Waals surface area contributed by atoms with Crippen LogP contribution >= 0.6 is 0 Å². The first kappa shape index (κ1) is 16.2. The Labute approximate surface area is 144 Å². The molecule has 4 aliphatic rings. The second-order valence-electron chi connectivity index (χ2n) is 9.12. The normalized spacial score (nSPS) is 47.5. The number of allylic oxidation sites excluding steroid dienone is 1. The highest BCUT2D eigenvalue weighted by molar-refractivity contribution is 5.94. The zero-order chi connectivity index (χ0) is 17.3. The molecule has 3 saturated carbocycles. The minimum absolute atomic E-state index is 0.0160. The third-order valence-electron chi connectivity index (χ3n) is 8.32.